The quantitative estimate of drug-likeness (QED) is 0.497. The molecule has 0 spiro atoms. The van der Waals surface area contributed by atoms with Crippen molar-refractivity contribution in [3.8, 4) is 0 Å². The van der Waals surface area contributed by atoms with Crippen LogP contribution in [-0.2, 0) is 0 Å². The van der Waals surface area contributed by atoms with Crippen molar-refractivity contribution in [3.05, 3.63) is 11.8 Å². The highest BCUT2D eigenvalue weighted by Crippen LogP contribution is 2.20. The molecule has 2 heteroatoms. The van der Waals surface area contributed by atoms with Gasteiger partial charge in [0.05, 0.1) is 0 Å². The molecule has 0 saturated heterocycles. The number of rotatable bonds is 0. The molecule has 0 aromatic carbocycles. The summed E-state index contributed by atoms with van der Waals surface area (Å²) in [6.45, 7) is 6.28. The van der Waals surface area contributed by atoms with E-state index in [9.17, 15) is 0 Å². The molecule has 0 aromatic heterocycles. The SMILES string of the molecule is CC1=CC=NC(C)(C)N1C. The Morgan fingerprint density at radius 1 is 1.50 bits per heavy atom. The first kappa shape index (κ1) is 7.32. The monoisotopic (exact) mass is 138 g/mol. The van der Waals surface area contributed by atoms with E-state index in [4.69, 9.17) is 0 Å². The maximum atomic E-state index is 4.32. The predicted molar refractivity (Wildman–Crippen MR) is 44.1 cm³/mol. The summed E-state index contributed by atoms with van der Waals surface area (Å²) in [4.78, 5) is 6.48. The minimum Gasteiger partial charge on any atom is -0.354 e. The zero-order valence-corrected chi connectivity index (χ0v) is 7.05. The molecule has 0 aliphatic carbocycles. The second-order valence-corrected chi connectivity index (χ2v) is 3.14. The van der Waals surface area contributed by atoms with Gasteiger partial charge in [-0.3, -0.25) is 4.99 Å². The molecule has 1 heterocycles. The van der Waals surface area contributed by atoms with Gasteiger partial charge in [-0.25, -0.2) is 0 Å². The number of aliphatic imine (C=N–C) groups is 1. The molecule has 0 bridgehead atoms. The summed E-state index contributed by atoms with van der Waals surface area (Å²) in [6.07, 6.45) is 3.89. The van der Waals surface area contributed by atoms with Gasteiger partial charge in [-0.2, -0.15) is 0 Å². The van der Waals surface area contributed by atoms with Crippen LogP contribution >= 0.6 is 0 Å². The fraction of sp³-hybridized carbons (Fsp3) is 0.625. The van der Waals surface area contributed by atoms with Gasteiger partial charge in [0.15, 0.2) is 0 Å². The highest BCUT2D eigenvalue weighted by molar-refractivity contribution is 5.73. The van der Waals surface area contributed by atoms with Crippen molar-refractivity contribution < 1.29 is 0 Å². The molecule has 0 aromatic rings. The van der Waals surface area contributed by atoms with Gasteiger partial charge >= 0.3 is 0 Å². The van der Waals surface area contributed by atoms with Crippen molar-refractivity contribution in [2.75, 3.05) is 7.05 Å². The lowest BCUT2D eigenvalue weighted by atomic mass is 10.1. The van der Waals surface area contributed by atoms with Crippen molar-refractivity contribution in [2.24, 2.45) is 4.99 Å². The normalized spacial score (nSPS) is 22.8. The molecular formula is C8H14N2. The van der Waals surface area contributed by atoms with Crippen LogP contribution in [0, 0.1) is 0 Å². The zero-order chi connectivity index (χ0) is 7.78. The summed E-state index contributed by atoms with van der Waals surface area (Å²) in [5.41, 5.74) is 1.21. The molecule has 0 fully saturated rings. The number of hydrogen-bond donors (Lipinski definition) is 0. The van der Waals surface area contributed by atoms with E-state index in [2.05, 4.69) is 37.7 Å². The summed E-state index contributed by atoms with van der Waals surface area (Å²) in [7, 11) is 2.06. The highest BCUT2D eigenvalue weighted by Gasteiger charge is 2.23. The molecule has 0 saturated carbocycles. The lowest BCUT2D eigenvalue weighted by molar-refractivity contribution is 0.213. The van der Waals surface area contributed by atoms with Crippen LogP contribution < -0.4 is 0 Å². The molecule has 1 aliphatic rings. The molecule has 10 heavy (non-hydrogen) atoms. The Hall–Kier alpha value is -0.790. The van der Waals surface area contributed by atoms with Crippen LogP contribution in [-0.4, -0.2) is 23.8 Å². The summed E-state index contributed by atoms with van der Waals surface area (Å²) in [6, 6.07) is 0. The van der Waals surface area contributed by atoms with Gasteiger partial charge in [0.25, 0.3) is 0 Å². The van der Waals surface area contributed by atoms with Crippen LogP contribution in [0.25, 0.3) is 0 Å². The van der Waals surface area contributed by atoms with Crippen LogP contribution in [0.1, 0.15) is 20.8 Å². The first-order valence-corrected chi connectivity index (χ1v) is 3.50. The van der Waals surface area contributed by atoms with Crippen molar-refractivity contribution >= 4 is 6.21 Å². The van der Waals surface area contributed by atoms with Gasteiger partial charge in [-0.1, -0.05) is 0 Å². The highest BCUT2D eigenvalue weighted by atomic mass is 15.3. The molecule has 0 unspecified atom stereocenters. The molecule has 1 rings (SSSR count). The smallest absolute Gasteiger partial charge is 0.125 e. The second kappa shape index (κ2) is 2.11. The number of hydrogen-bond acceptors (Lipinski definition) is 2. The van der Waals surface area contributed by atoms with Gasteiger partial charge < -0.3 is 4.90 Å². The van der Waals surface area contributed by atoms with Crippen molar-refractivity contribution in [1.82, 2.24) is 4.90 Å². The van der Waals surface area contributed by atoms with E-state index in [0.29, 0.717) is 0 Å². The third kappa shape index (κ3) is 1.06. The number of allylic oxidation sites excluding steroid dienone is 2. The van der Waals surface area contributed by atoms with E-state index in [1.54, 1.807) is 0 Å². The minimum absolute atomic E-state index is 0.0567. The fourth-order valence-corrected chi connectivity index (χ4v) is 0.958. The van der Waals surface area contributed by atoms with E-state index >= 15 is 0 Å². The van der Waals surface area contributed by atoms with Crippen LogP contribution in [0.4, 0.5) is 0 Å². The molecule has 2 nitrogen and oxygen atoms in total. The predicted octanol–water partition coefficient (Wildman–Crippen LogP) is 1.64. The van der Waals surface area contributed by atoms with Crippen molar-refractivity contribution in [3.63, 3.8) is 0 Å². The molecule has 0 amide bonds. The molecule has 1 aliphatic heterocycles. The molecule has 0 atom stereocenters. The Balaban J connectivity index is 2.89. The lowest BCUT2D eigenvalue weighted by Crippen LogP contribution is -2.39. The van der Waals surface area contributed by atoms with Crippen molar-refractivity contribution in [2.45, 2.75) is 26.4 Å². The Morgan fingerprint density at radius 3 is 2.50 bits per heavy atom. The Morgan fingerprint density at radius 2 is 2.10 bits per heavy atom. The average molecular weight is 138 g/mol. The third-order valence-corrected chi connectivity index (χ3v) is 2.06. The Labute approximate surface area is 62.3 Å². The van der Waals surface area contributed by atoms with Crippen LogP contribution in [0.2, 0.25) is 0 Å². The largest absolute Gasteiger partial charge is 0.354 e. The van der Waals surface area contributed by atoms with Gasteiger partial charge in [0, 0.05) is 19.0 Å². The Kier molecular flexibility index (Phi) is 1.55. The molecule has 56 valence electrons. The van der Waals surface area contributed by atoms with E-state index < -0.39 is 0 Å². The Bertz CT molecular complexity index is 189. The minimum atomic E-state index is -0.0567. The van der Waals surface area contributed by atoms with E-state index in [1.807, 2.05) is 12.3 Å². The van der Waals surface area contributed by atoms with Gasteiger partial charge in [0.1, 0.15) is 5.66 Å². The average Bonchev–Trinajstić information content (AvgIpc) is 1.83. The summed E-state index contributed by atoms with van der Waals surface area (Å²) in [5.74, 6) is 0. The van der Waals surface area contributed by atoms with Crippen LogP contribution in [0.3, 0.4) is 0 Å². The molecule has 0 N–H and O–H groups in total. The third-order valence-electron chi connectivity index (χ3n) is 2.06. The van der Waals surface area contributed by atoms with Gasteiger partial charge in [0.2, 0.25) is 0 Å². The van der Waals surface area contributed by atoms with Crippen LogP contribution in [0.5, 0.6) is 0 Å². The molecular weight excluding hydrogens is 124 g/mol. The first-order valence-electron chi connectivity index (χ1n) is 3.50. The van der Waals surface area contributed by atoms with E-state index in [1.165, 1.54) is 5.70 Å². The second-order valence-electron chi connectivity index (χ2n) is 3.14. The first-order chi connectivity index (χ1) is 4.54. The summed E-state index contributed by atoms with van der Waals surface area (Å²) in [5, 5.41) is 0. The van der Waals surface area contributed by atoms with Gasteiger partial charge in [-0.05, 0) is 26.8 Å². The summed E-state index contributed by atoms with van der Waals surface area (Å²) < 4.78 is 0. The number of nitrogens with zero attached hydrogens (tertiary/aromatic N) is 2. The van der Waals surface area contributed by atoms with E-state index in [-0.39, 0.29) is 5.66 Å². The van der Waals surface area contributed by atoms with Crippen LogP contribution in [0.15, 0.2) is 16.8 Å². The lowest BCUT2D eigenvalue weighted by Gasteiger charge is -2.36. The standard InChI is InChI=1S/C8H14N2/c1-7-5-6-9-8(2,3)10(7)4/h5-6H,1-4H3. The van der Waals surface area contributed by atoms with Gasteiger partial charge in [-0.15, -0.1) is 0 Å². The maximum absolute atomic E-state index is 4.32. The zero-order valence-electron chi connectivity index (χ0n) is 7.05. The summed E-state index contributed by atoms with van der Waals surface area (Å²) >= 11 is 0. The van der Waals surface area contributed by atoms with Crippen molar-refractivity contribution in [1.29, 1.82) is 0 Å². The van der Waals surface area contributed by atoms with E-state index in [0.717, 1.165) is 0 Å². The fourth-order valence-electron chi connectivity index (χ4n) is 0.958. The maximum Gasteiger partial charge on any atom is 0.125 e. The molecule has 0 radical (unpaired) electrons. The topological polar surface area (TPSA) is 15.6 Å².